The van der Waals surface area contributed by atoms with Crippen LogP contribution in [-0.4, -0.2) is 13.1 Å². The van der Waals surface area contributed by atoms with Gasteiger partial charge in [-0.25, -0.2) is 4.79 Å². The maximum Gasteiger partial charge on any atom is 0.417 e. The molecule has 1 rings (SSSR count). The number of ether oxygens (including phenoxy) is 1. The van der Waals surface area contributed by atoms with Crippen molar-refractivity contribution in [2.24, 2.45) is 5.92 Å². The van der Waals surface area contributed by atoms with Crippen molar-refractivity contribution in [3.05, 3.63) is 0 Å². The van der Waals surface area contributed by atoms with Crippen LogP contribution in [0.5, 0.6) is 0 Å². The van der Waals surface area contributed by atoms with Crippen molar-refractivity contribution < 1.29 is 9.53 Å². The molecule has 57 valence electrons. The molecule has 0 aromatic heterocycles. The van der Waals surface area contributed by atoms with Crippen molar-refractivity contribution in [3.63, 3.8) is 0 Å². The van der Waals surface area contributed by atoms with Crippen LogP contribution in [0.1, 0.15) is 32.1 Å². The van der Waals surface area contributed by atoms with Gasteiger partial charge in [0.25, 0.3) is 0 Å². The standard InChI is InChI=1S/C8H13O2/c9-7-10-6-5-8-3-1-2-4-8/h8H,1-6H2. The number of rotatable bonds is 4. The lowest BCUT2D eigenvalue weighted by molar-refractivity contribution is 0.249. The summed E-state index contributed by atoms with van der Waals surface area (Å²) in [5.74, 6) is 0.813. The second-order valence-corrected chi connectivity index (χ2v) is 2.87. The van der Waals surface area contributed by atoms with Gasteiger partial charge >= 0.3 is 6.47 Å². The zero-order valence-electron chi connectivity index (χ0n) is 6.14. The zero-order chi connectivity index (χ0) is 7.23. The van der Waals surface area contributed by atoms with Crippen LogP contribution in [0.2, 0.25) is 0 Å². The minimum Gasteiger partial charge on any atom is -0.457 e. The van der Waals surface area contributed by atoms with Gasteiger partial charge in [-0.15, -0.1) is 0 Å². The Kier molecular flexibility index (Phi) is 3.27. The number of carbonyl (C=O) groups excluding carboxylic acids is 1. The first-order valence-corrected chi connectivity index (χ1v) is 3.92. The Morgan fingerprint density at radius 3 is 2.70 bits per heavy atom. The molecule has 10 heavy (non-hydrogen) atoms. The molecule has 2 heteroatoms. The van der Waals surface area contributed by atoms with Crippen LogP contribution in [0, 0.1) is 5.92 Å². The van der Waals surface area contributed by atoms with E-state index in [1.54, 1.807) is 0 Å². The molecule has 1 aliphatic rings. The molecule has 0 spiro atoms. The molecule has 1 aliphatic carbocycles. The van der Waals surface area contributed by atoms with Crippen LogP contribution in [0.4, 0.5) is 0 Å². The third-order valence-corrected chi connectivity index (χ3v) is 2.16. The molecule has 0 heterocycles. The van der Waals surface area contributed by atoms with Gasteiger partial charge in [-0.3, -0.25) is 0 Å². The molecule has 0 aromatic carbocycles. The van der Waals surface area contributed by atoms with Gasteiger partial charge in [-0.1, -0.05) is 25.7 Å². The van der Waals surface area contributed by atoms with E-state index in [1.807, 2.05) is 0 Å². The van der Waals surface area contributed by atoms with Crippen LogP contribution in [0.15, 0.2) is 0 Å². The maximum absolute atomic E-state index is 9.63. The van der Waals surface area contributed by atoms with Gasteiger partial charge in [0.2, 0.25) is 0 Å². The molecule has 0 unspecified atom stereocenters. The molecular weight excluding hydrogens is 128 g/mol. The highest BCUT2D eigenvalue weighted by Gasteiger charge is 2.14. The largest absolute Gasteiger partial charge is 0.457 e. The summed E-state index contributed by atoms with van der Waals surface area (Å²) >= 11 is 0. The van der Waals surface area contributed by atoms with Crippen LogP contribution in [0.3, 0.4) is 0 Å². The summed E-state index contributed by atoms with van der Waals surface area (Å²) in [4.78, 5) is 9.63. The Morgan fingerprint density at radius 1 is 1.40 bits per heavy atom. The Morgan fingerprint density at radius 2 is 2.10 bits per heavy atom. The van der Waals surface area contributed by atoms with E-state index in [1.165, 1.54) is 32.2 Å². The van der Waals surface area contributed by atoms with Gasteiger partial charge in [0.1, 0.15) is 0 Å². The van der Waals surface area contributed by atoms with Crippen LogP contribution in [-0.2, 0) is 9.53 Å². The van der Waals surface area contributed by atoms with Gasteiger partial charge < -0.3 is 4.74 Å². The second-order valence-electron chi connectivity index (χ2n) is 2.87. The van der Waals surface area contributed by atoms with Crippen molar-refractivity contribution in [1.29, 1.82) is 0 Å². The van der Waals surface area contributed by atoms with E-state index >= 15 is 0 Å². The first-order chi connectivity index (χ1) is 4.93. The first kappa shape index (κ1) is 7.58. The van der Waals surface area contributed by atoms with Gasteiger partial charge in [-0.2, -0.15) is 0 Å². The average molecular weight is 141 g/mol. The van der Waals surface area contributed by atoms with E-state index in [4.69, 9.17) is 0 Å². The predicted molar refractivity (Wildman–Crippen MR) is 38.2 cm³/mol. The Bertz CT molecular complexity index is 95.4. The van der Waals surface area contributed by atoms with E-state index < -0.39 is 0 Å². The summed E-state index contributed by atoms with van der Waals surface area (Å²) in [6.45, 7) is 2.01. The highest BCUT2D eigenvalue weighted by atomic mass is 16.5. The minimum absolute atomic E-state index is 0.564. The quantitative estimate of drug-likeness (QED) is 0.556. The lowest BCUT2D eigenvalue weighted by Crippen LogP contribution is -1.99. The molecule has 0 atom stereocenters. The topological polar surface area (TPSA) is 26.3 Å². The zero-order valence-corrected chi connectivity index (χ0v) is 6.14. The summed E-state index contributed by atoms with van der Waals surface area (Å²) in [6.07, 6.45) is 6.39. The molecule has 0 aromatic rings. The van der Waals surface area contributed by atoms with Crippen LogP contribution >= 0.6 is 0 Å². The van der Waals surface area contributed by atoms with Crippen molar-refractivity contribution in [1.82, 2.24) is 0 Å². The minimum atomic E-state index is 0.564. The highest BCUT2D eigenvalue weighted by Crippen LogP contribution is 2.27. The monoisotopic (exact) mass is 141 g/mol. The molecule has 0 saturated heterocycles. The summed E-state index contributed by atoms with van der Waals surface area (Å²) in [7, 11) is 0. The number of hydrogen-bond acceptors (Lipinski definition) is 2. The van der Waals surface area contributed by atoms with Crippen molar-refractivity contribution in [2.45, 2.75) is 32.1 Å². The van der Waals surface area contributed by atoms with Crippen molar-refractivity contribution >= 4 is 6.47 Å². The smallest absolute Gasteiger partial charge is 0.417 e. The summed E-state index contributed by atoms with van der Waals surface area (Å²) in [5.41, 5.74) is 0. The van der Waals surface area contributed by atoms with E-state index in [0.29, 0.717) is 6.61 Å². The molecule has 1 fully saturated rings. The van der Waals surface area contributed by atoms with Crippen LogP contribution < -0.4 is 0 Å². The SMILES string of the molecule is O=[C]OCCC1CCCC1. The number of hydrogen-bond donors (Lipinski definition) is 0. The fourth-order valence-electron chi connectivity index (χ4n) is 1.57. The Hall–Kier alpha value is -0.530. The van der Waals surface area contributed by atoms with Crippen molar-refractivity contribution in [3.8, 4) is 0 Å². The fourth-order valence-corrected chi connectivity index (χ4v) is 1.57. The van der Waals surface area contributed by atoms with Gasteiger partial charge in [0.15, 0.2) is 0 Å². The molecule has 1 saturated carbocycles. The summed E-state index contributed by atoms with van der Waals surface area (Å²) in [5, 5.41) is 0. The van der Waals surface area contributed by atoms with E-state index in [9.17, 15) is 4.79 Å². The average Bonchev–Trinajstić information content (AvgIpc) is 2.41. The molecule has 0 N–H and O–H groups in total. The lowest BCUT2D eigenvalue weighted by Gasteiger charge is -2.05. The van der Waals surface area contributed by atoms with Crippen LogP contribution in [0.25, 0.3) is 0 Å². The van der Waals surface area contributed by atoms with E-state index in [0.717, 1.165) is 12.3 Å². The summed E-state index contributed by atoms with van der Waals surface area (Å²) < 4.78 is 4.49. The predicted octanol–water partition coefficient (Wildman–Crippen LogP) is 1.65. The van der Waals surface area contributed by atoms with Crippen molar-refractivity contribution in [2.75, 3.05) is 6.61 Å². The molecule has 2 nitrogen and oxygen atoms in total. The Balaban J connectivity index is 1.96. The molecule has 1 radical (unpaired) electrons. The summed E-state index contributed by atoms with van der Waals surface area (Å²) in [6, 6.07) is 0. The van der Waals surface area contributed by atoms with Gasteiger partial charge in [0, 0.05) is 0 Å². The Labute approximate surface area is 61.6 Å². The van der Waals surface area contributed by atoms with E-state index in [2.05, 4.69) is 4.74 Å². The van der Waals surface area contributed by atoms with Gasteiger partial charge in [-0.05, 0) is 12.3 Å². The molecular formula is C8H13O2. The van der Waals surface area contributed by atoms with E-state index in [-0.39, 0.29) is 0 Å². The normalized spacial score (nSPS) is 19.2. The highest BCUT2D eigenvalue weighted by molar-refractivity contribution is 5.37. The van der Waals surface area contributed by atoms with Gasteiger partial charge in [0.05, 0.1) is 6.61 Å². The lowest BCUT2D eigenvalue weighted by atomic mass is 10.1. The molecule has 0 bridgehead atoms. The third kappa shape index (κ3) is 2.38. The third-order valence-electron chi connectivity index (χ3n) is 2.16. The molecule has 0 amide bonds. The molecule has 0 aliphatic heterocycles. The fraction of sp³-hybridized carbons (Fsp3) is 0.875. The first-order valence-electron chi connectivity index (χ1n) is 3.92. The maximum atomic E-state index is 9.63. The second kappa shape index (κ2) is 4.31.